The van der Waals surface area contributed by atoms with E-state index >= 15 is 0 Å². The third kappa shape index (κ3) is 2.90. The van der Waals surface area contributed by atoms with Gasteiger partial charge in [-0.05, 0) is 44.6 Å². The molecule has 1 unspecified atom stereocenters. The molecular weight excluding hydrogens is 318 g/mol. The van der Waals surface area contributed by atoms with Crippen LogP contribution >= 0.6 is 0 Å². The van der Waals surface area contributed by atoms with Gasteiger partial charge in [0.1, 0.15) is 5.75 Å². The van der Waals surface area contributed by atoms with Gasteiger partial charge in [0.05, 0.1) is 6.61 Å². The molecule has 1 aromatic carbocycles. The first kappa shape index (κ1) is 16.4. The normalized spacial score (nSPS) is 30.5. The van der Waals surface area contributed by atoms with E-state index in [1.807, 2.05) is 23.1 Å². The van der Waals surface area contributed by atoms with Gasteiger partial charge >= 0.3 is 5.97 Å². The van der Waals surface area contributed by atoms with E-state index in [1.54, 1.807) is 0 Å². The van der Waals surface area contributed by atoms with Gasteiger partial charge in [0.2, 0.25) is 5.91 Å². The molecule has 5 heteroatoms. The fourth-order valence-corrected chi connectivity index (χ4v) is 4.77. The summed E-state index contributed by atoms with van der Waals surface area (Å²) in [5.41, 5.74) is 1.12. The quantitative estimate of drug-likeness (QED) is 0.913. The lowest BCUT2D eigenvalue weighted by molar-refractivity contribution is -0.141. The highest BCUT2D eigenvalue weighted by Gasteiger charge is 2.62. The van der Waals surface area contributed by atoms with Crippen LogP contribution < -0.4 is 4.74 Å². The smallest absolute Gasteiger partial charge is 0.303 e. The average molecular weight is 343 g/mol. The topological polar surface area (TPSA) is 66.8 Å². The number of aliphatic carboxylic acids is 1. The Kier molecular flexibility index (Phi) is 4.18. The van der Waals surface area contributed by atoms with Crippen molar-refractivity contribution >= 4 is 11.9 Å². The number of carbonyl (C=O) groups excluding carboxylic acids is 1. The molecule has 1 saturated carbocycles. The Labute approximate surface area is 148 Å². The van der Waals surface area contributed by atoms with Crippen molar-refractivity contribution in [2.75, 3.05) is 13.2 Å². The molecule has 1 N–H and O–H groups in total. The standard InChI is InChI=1S/C20H25NO4/c22-18(23)9-8-14-5-3-4-11-21(14)19(24)16-13-20(16)10-12-25-17-7-2-1-6-15(17)20/h1-2,6-7,14,16H,3-5,8-13H2,(H,22,23)/t14?,16-,20-/m0/s1. The van der Waals surface area contributed by atoms with Crippen molar-refractivity contribution in [1.29, 1.82) is 0 Å². The van der Waals surface area contributed by atoms with E-state index in [-0.39, 0.29) is 29.7 Å². The summed E-state index contributed by atoms with van der Waals surface area (Å²) < 4.78 is 5.77. The second-order valence-corrected chi connectivity index (χ2v) is 7.62. The van der Waals surface area contributed by atoms with Crippen LogP contribution in [-0.2, 0) is 15.0 Å². The van der Waals surface area contributed by atoms with Crippen LogP contribution in [0.4, 0.5) is 0 Å². The van der Waals surface area contributed by atoms with Crippen molar-refractivity contribution in [2.24, 2.45) is 5.92 Å². The molecule has 4 rings (SSSR count). The van der Waals surface area contributed by atoms with Gasteiger partial charge in [0.25, 0.3) is 0 Å². The van der Waals surface area contributed by atoms with E-state index < -0.39 is 5.97 Å². The first-order valence-electron chi connectivity index (χ1n) is 9.36. The van der Waals surface area contributed by atoms with Crippen LogP contribution in [0, 0.1) is 5.92 Å². The summed E-state index contributed by atoms with van der Waals surface area (Å²) in [6, 6.07) is 8.17. The van der Waals surface area contributed by atoms with Crippen LogP contribution in [0.2, 0.25) is 0 Å². The van der Waals surface area contributed by atoms with Gasteiger partial charge < -0.3 is 14.7 Å². The van der Waals surface area contributed by atoms with E-state index in [9.17, 15) is 9.59 Å². The number of carboxylic acids is 1. The lowest BCUT2D eigenvalue weighted by atomic mass is 9.86. The molecule has 0 radical (unpaired) electrons. The number of hydrogen-bond donors (Lipinski definition) is 1. The Balaban J connectivity index is 1.51. The molecule has 3 atom stereocenters. The van der Waals surface area contributed by atoms with Crippen molar-refractivity contribution in [2.45, 2.75) is 56.4 Å². The first-order valence-corrected chi connectivity index (χ1v) is 9.36. The van der Waals surface area contributed by atoms with Gasteiger partial charge in [-0.1, -0.05) is 18.2 Å². The molecule has 134 valence electrons. The van der Waals surface area contributed by atoms with E-state index in [4.69, 9.17) is 9.84 Å². The number of carbonyl (C=O) groups is 2. The molecule has 1 aliphatic carbocycles. The van der Waals surface area contributed by atoms with Crippen molar-refractivity contribution in [3.8, 4) is 5.75 Å². The zero-order valence-corrected chi connectivity index (χ0v) is 14.4. The largest absolute Gasteiger partial charge is 0.493 e. The fraction of sp³-hybridized carbons (Fsp3) is 0.600. The van der Waals surface area contributed by atoms with E-state index in [2.05, 4.69) is 6.07 Å². The van der Waals surface area contributed by atoms with Crippen LogP contribution in [0.5, 0.6) is 5.75 Å². The molecule has 1 aromatic rings. The SMILES string of the molecule is O=C(O)CCC1CCCCN1C(=O)[C@@H]1C[C@]12CCOc1ccccc12. The molecule has 3 aliphatic rings. The Hall–Kier alpha value is -2.04. The van der Waals surface area contributed by atoms with Crippen molar-refractivity contribution in [3.63, 3.8) is 0 Å². The number of benzene rings is 1. The molecule has 5 nitrogen and oxygen atoms in total. The molecule has 2 fully saturated rings. The number of ether oxygens (including phenoxy) is 1. The summed E-state index contributed by atoms with van der Waals surface area (Å²) in [5, 5.41) is 8.98. The van der Waals surface area contributed by atoms with E-state index in [0.29, 0.717) is 13.0 Å². The number of fused-ring (bicyclic) bond motifs is 2. The maximum atomic E-state index is 13.2. The number of rotatable bonds is 4. The second kappa shape index (κ2) is 6.36. The Morgan fingerprint density at radius 1 is 1.28 bits per heavy atom. The Morgan fingerprint density at radius 3 is 2.96 bits per heavy atom. The van der Waals surface area contributed by atoms with Gasteiger partial charge in [-0.3, -0.25) is 9.59 Å². The summed E-state index contributed by atoms with van der Waals surface area (Å²) in [6.07, 6.45) is 5.54. The van der Waals surface area contributed by atoms with Gasteiger partial charge in [-0.15, -0.1) is 0 Å². The Morgan fingerprint density at radius 2 is 2.12 bits per heavy atom. The van der Waals surface area contributed by atoms with Gasteiger partial charge in [0, 0.05) is 35.9 Å². The lowest BCUT2D eigenvalue weighted by Crippen LogP contribution is -2.45. The van der Waals surface area contributed by atoms with Gasteiger partial charge in [-0.25, -0.2) is 0 Å². The molecular formula is C20H25NO4. The number of likely N-dealkylation sites (tertiary alicyclic amines) is 1. The highest BCUT2D eigenvalue weighted by molar-refractivity contribution is 5.85. The fourth-order valence-electron chi connectivity index (χ4n) is 4.77. The monoisotopic (exact) mass is 343 g/mol. The number of para-hydroxylation sites is 1. The predicted octanol–water partition coefficient (Wildman–Crippen LogP) is 2.97. The average Bonchev–Trinajstić information content (AvgIpc) is 3.34. The maximum Gasteiger partial charge on any atom is 0.303 e. The molecule has 1 amide bonds. The summed E-state index contributed by atoms with van der Waals surface area (Å²) in [4.78, 5) is 26.2. The van der Waals surface area contributed by atoms with E-state index in [0.717, 1.165) is 44.4 Å². The highest BCUT2D eigenvalue weighted by atomic mass is 16.5. The number of nitrogens with zero attached hydrogens (tertiary/aromatic N) is 1. The zero-order valence-electron chi connectivity index (χ0n) is 14.4. The third-order valence-electron chi connectivity index (χ3n) is 6.20. The van der Waals surface area contributed by atoms with E-state index in [1.165, 1.54) is 5.56 Å². The summed E-state index contributed by atoms with van der Waals surface area (Å²) >= 11 is 0. The molecule has 25 heavy (non-hydrogen) atoms. The summed E-state index contributed by atoms with van der Waals surface area (Å²) in [6.45, 7) is 1.44. The minimum atomic E-state index is -0.778. The van der Waals surface area contributed by atoms with Gasteiger partial charge in [-0.2, -0.15) is 0 Å². The van der Waals surface area contributed by atoms with Crippen molar-refractivity contribution in [3.05, 3.63) is 29.8 Å². The van der Waals surface area contributed by atoms with Crippen LogP contribution in [0.1, 0.15) is 50.5 Å². The second-order valence-electron chi connectivity index (χ2n) is 7.62. The lowest BCUT2D eigenvalue weighted by Gasteiger charge is -2.37. The molecule has 2 heterocycles. The van der Waals surface area contributed by atoms with Gasteiger partial charge in [0.15, 0.2) is 0 Å². The molecule has 2 aliphatic heterocycles. The van der Waals surface area contributed by atoms with Crippen molar-refractivity contribution < 1.29 is 19.4 Å². The number of hydrogen-bond acceptors (Lipinski definition) is 3. The first-order chi connectivity index (χ1) is 12.1. The third-order valence-corrected chi connectivity index (χ3v) is 6.20. The number of carboxylic acid groups (broad SMARTS) is 1. The zero-order chi connectivity index (χ0) is 17.4. The summed E-state index contributed by atoms with van der Waals surface area (Å²) in [7, 11) is 0. The van der Waals surface area contributed by atoms with Crippen LogP contribution in [0.25, 0.3) is 0 Å². The molecule has 1 saturated heterocycles. The minimum absolute atomic E-state index is 0.0305. The maximum absolute atomic E-state index is 13.2. The molecule has 1 spiro atoms. The van der Waals surface area contributed by atoms with Crippen LogP contribution in [-0.4, -0.2) is 41.1 Å². The summed E-state index contributed by atoms with van der Waals surface area (Å²) in [5.74, 6) is 0.402. The highest BCUT2D eigenvalue weighted by Crippen LogP contribution is 2.61. The van der Waals surface area contributed by atoms with Crippen molar-refractivity contribution in [1.82, 2.24) is 4.90 Å². The van der Waals surface area contributed by atoms with Crippen LogP contribution in [0.15, 0.2) is 24.3 Å². The molecule has 0 bridgehead atoms. The predicted molar refractivity (Wildman–Crippen MR) is 92.6 cm³/mol. The Bertz CT molecular complexity index is 688. The molecule has 0 aromatic heterocycles. The van der Waals surface area contributed by atoms with Crippen LogP contribution in [0.3, 0.4) is 0 Å². The number of piperidine rings is 1. The minimum Gasteiger partial charge on any atom is -0.493 e. The number of amides is 1.